The van der Waals surface area contributed by atoms with Crippen LogP contribution < -0.4 is 0 Å². The van der Waals surface area contributed by atoms with E-state index in [2.05, 4.69) is 67.7 Å². The van der Waals surface area contributed by atoms with Crippen LogP contribution in [0.25, 0.3) is 0 Å². The first-order valence-electron chi connectivity index (χ1n) is 8.89. The summed E-state index contributed by atoms with van der Waals surface area (Å²) >= 11 is 0. The van der Waals surface area contributed by atoms with Crippen molar-refractivity contribution in [1.29, 1.82) is 0 Å². The van der Waals surface area contributed by atoms with E-state index >= 15 is 0 Å². The maximum Gasteiger partial charge on any atom is 0.303 e. The lowest BCUT2D eigenvalue weighted by Gasteiger charge is -1.87. The molecular formula is C22H32O2. The van der Waals surface area contributed by atoms with Crippen molar-refractivity contribution >= 4 is 5.97 Å². The average molecular weight is 328 g/mol. The zero-order valence-corrected chi connectivity index (χ0v) is 14.9. The van der Waals surface area contributed by atoms with Crippen LogP contribution >= 0.6 is 0 Å². The number of carboxylic acids is 1. The van der Waals surface area contributed by atoms with E-state index in [0.29, 0.717) is 6.42 Å². The maximum atomic E-state index is 10.3. The Balaban J connectivity index is 3.51. The highest BCUT2D eigenvalue weighted by Gasteiger charge is 1.90. The zero-order chi connectivity index (χ0) is 17.7. The number of aliphatic carboxylic acids is 1. The van der Waals surface area contributed by atoms with Crippen LogP contribution in [0.2, 0.25) is 0 Å². The summed E-state index contributed by atoms with van der Waals surface area (Å²) in [7, 11) is 0. The Bertz CT molecular complexity index is 462. The summed E-state index contributed by atoms with van der Waals surface area (Å²) in [4.78, 5) is 10.3. The Morgan fingerprint density at radius 3 is 1.29 bits per heavy atom. The van der Waals surface area contributed by atoms with Crippen molar-refractivity contribution in [3.05, 3.63) is 72.9 Å². The minimum atomic E-state index is -0.741. The highest BCUT2D eigenvalue weighted by atomic mass is 16.4. The number of rotatable bonds is 14. The smallest absolute Gasteiger partial charge is 0.303 e. The van der Waals surface area contributed by atoms with Crippen molar-refractivity contribution in [2.24, 2.45) is 0 Å². The van der Waals surface area contributed by atoms with Gasteiger partial charge in [-0.15, -0.1) is 0 Å². The summed E-state index contributed by atoms with van der Waals surface area (Å²) in [5.74, 6) is -0.741. The Labute approximate surface area is 147 Å². The van der Waals surface area contributed by atoms with Crippen molar-refractivity contribution in [2.75, 3.05) is 0 Å². The van der Waals surface area contributed by atoms with E-state index in [0.717, 1.165) is 38.5 Å². The van der Waals surface area contributed by atoms with Crippen molar-refractivity contribution < 1.29 is 9.90 Å². The fourth-order valence-electron chi connectivity index (χ4n) is 1.85. The Kier molecular flexibility index (Phi) is 17.3. The first kappa shape index (κ1) is 21.9. The Hall–Kier alpha value is -2.09. The lowest BCUT2D eigenvalue weighted by molar-refractivity contribution is -0.136. The van der Waals surface area contributed by atoms with Gasteiger partial charge in [-0.1, -0.05) is 79.8 Å². The summed E-state index contributed by atoms with van der Waals surface area (Å²) in [6.07, 6.45) is 32.5. The van der Waals surface area contributed by atoms with Gasteiger partial charge in [0.1, 0.15) is 0 Å². The molecule has 0 saturated carbocycles. The first-order chi connectivity index (χ1) is 11.8. The molecule has 0 atom stereocenters. The highest BCUT2D eigenvalue weighted by Crippen LogP contribution is 1.97. The van der Waals surface area contributed by atoms with Gasteiger partial charge in [0.05, 0.1) is 0 Å². The third-order valence-corrected chi connectivity index (χ3v) is 3.12. The monoisotopic (exact) mass is 328 g/mol. The van der Waals surface area contributed by atoms with Crippen molar-refractivity contribution in [1.82, 2.24) is 0 Å². The second-order valence-electron chi connectivity index (χ2n) is 5.35. The van der Waals surface area contributed by atoms with Gasteiger partial charge in [0.15, 0.2) is 0 Å². The fraction of sp³-hybridized carbons (Fsp3) is 0.409. The summed E-state index contributed by atoms with van der Waals surface area (Å²) < 4.78 is 0. The molecule has 0 unspecified atom stereocenters. The quantitative estimate of drug-likeness (QED) is 0.367. The van der Waals surface area contributed by atoms with Gasteiger partial charge in [-0.2, -0.15) is 0 Å². The molecule has 24 heavy (non-hydrogen) atoms. The van der Waals surface area contributed by atoms with Gasteiger partial charge in [-0.05, 0) is 44.9 Å². The Morgan fingerprint density at radius 2 is 0.958 bits per heavy atom. The SMILES string of the molecule is CC/C=C\C/C=C\C/C=C\C/C=C\C/C=C\C/C=C/CCC(=O)O. The summed E-state index contributed by atoms with van der Waals surface area (Å²) in [5.41, 5.74) is 0. The van der Waals surface area contributed by atoms with Gasteiger partial charge >= 0.3 is 5.97 Å². The van der Waals surface area contributed by atoms with E-state index < -0.39 is 5.97 Å². The standard InChI is InChI=1S/C22H32O2/c1-2-3-4-5-6-7-8-9-10-11-12-13-14-15-16-17-18-19-20-21-22(23)24/h3-4,6-7,9-10,12-13,15-16,18-19H,2,5,8,11,14,17,20-21H2,1H3,(H,23,24)/b4-3-,7-6-,10-9-,13-12-,16-15-,19-18+. The number of hydrogen-bond donors (Lipinski definition) is 1. The highest BCUT2D eigenvalue weighted by molar-refractivity contribution is 5.66. The minimum Gasteiger partial charge on any atom is -0.481 e. The molecule has 0 aliphatic carbocycles. The van der Waals surface area contributed by atoms with Crippen LogP contribution in [0.5, 0.6) is 0 Å². The number of allylic oxidation sites excluding steroid dienone is 12. The lowest BCUT2D eigenvalue weighted by atomic mass is 10.2. The molecule has 0 fully saturated rings. The third-order valence-electron chi connectivity index (χ3n) is 3.12. The van der Waals surface area contributed by atoms with Crippen LogP contribution in [0.15, 0.2) is 72.9 Å². The molecule has 0 amide bonds. The van der Waals surface area contributed by atoms with E-state index in [1.165, 1.54) is 0 Å². The maximum absolute atomic E-state index is 10.3. The summed E-state index contributed by atoms with van der Waals surface area (Å²) in [6.45, 7) is 2.15. The fourth-order valence-corrected chi connectivity index (χ4v) is 1.85. The lowest BCUT2D eigenvalue weighted by Crippen LogP contribution is -1.91. The number of hydrogen-bond acceptors (Lipinski definition) is 1. The first-order valence-corrected chi connectivity index (χ1v) is 8.89. The molecule has 0 aromatic rings. The largest absolute Gasteiger partial charge is 0.481 e. The molecule has 0 heterocycles. The van der Waals surface area contributed by atoms with Gasteiger partial charge in [0.25, 0.3) is 0 Å². The third kappa shape index (κ3) is 19.9. The molecule has 0 aliphatic rings. The van der Waals surface area contributed by atoms with Crippen LogP contribution in [0.1, 0.15) is 58.3 Å². The van der Waals surface area contributed by atoms with Gasteiger partial charge in [-0.25, -0.2) is 0 Å². The predicted octanol–water partition coefficient (Wildman–Crippen LogP) is 6.55. The van der Waals surface area contributed by atoms with E-state index in [9.17, 15) is 4.79 Å². The molecule has 0 rings (SSSR count). The van der Waals surface area contributed by atoms with Crippen molar-refractivity contribution in [3.8, 4) is 0 Å². The molecule has 0 aromatic carbocycles. The van der Waals surface area contributed by atoms with Gasteiger partial charge in [-0.3, -0.25) is 4.79 Å². The Morgan fingerprint density at radius 1 is 0.625 bits per heavy atom. The summed E-state index contributed by atoms with van der Waals surface area (Å²) in [6, 6.07) is 0. The average Bonchev–Trinajstić information content (AvgIpc) is 2.56. The molecule has 2 heteroatoms. The van der Waals surface area contributed by atoms with Gasteiger partial charge in [0.2, 0.25) is 0 Å². The molecule has 0 radical (unpaired) electrons. The minimum absolute atomic E-state index is 0.210. The van der Waals surface area contributed by atoms with Crippen LogP contribution in [0, 0.1) is 0 Å². The molecule has 1 N–H and O–H groups in total. The van der Waals surface area contributed by atoms with Crippen molar-refractivity contribution in [2.45, 2.75) is 58.3 Å². The van der Waals surface area contributed by atoms with Gasteiger partial charge < -0.3 is 5.11 Å². The van der Waals surface area contributed by atoms with E-state index in [1.807, 2.05) is 12.2 Å². The van der Waals surface area contributed by atoms with Crippen molar-refractivity contribution in [3.63, 3.8) is 0 Å². The second-order valence-corrected chi connectivity index (χ2v) is 5.35. The number of carbonyl (C=O) groups is 1. The second kappa shape index (κ2) is 19.0. The molecule has 0 aromatic heterocycles. The van der Waals surface area contributed by atoms with Crippen LogP contribution in [-0.4, -0.2) is 11.1 Å². The molecular weight excluding hydrogens is 296 g/mol. The molecule has 0 spiro atoms. The van der Waals surface area contributed by atoms with Crippen LogP contribution in [0.4, 0.5) is 0 Å². The van der Waals surface area contributed by atoms with Crippen LogP contribution in [-0.2, 0) is 4.79 Å². The molecule has 0 aliphatic heterocycles. The van der Waals surface area contributed by atoms with Crippen LogP contribution in [0.3, 0.4) is 0 Å². The zero-order valence-electron chi connectivity index (χ0n) is 14.9. The van der Waals surface area contributed by atoms with E-state index in [1.54, 1.807) is 0 Å². The summed E-state index contributed by atoms with van der Waals surface area (Å²) in [5, 5.41) is 8.49. The predicted molar refractivity (Wildman–Crippen MR) is 105 cm³/mol. The normalized spacial score (nSPS) is 13.0. The van der Waals surface area contributed by atoms with E-state index in [4.69, 9.17) is 5.11 Å². The number of carboxylic acid groups (broad SMARTS) is 1. The molecule has 2 nitrogen and oxygen atoms in total. The molecule has 0 bridgehead atoms. The van der Waals surface area contributed by atoms with Gasteiger partial charge in [0, 0.05) is 6.42 Å². The molecule has 0 saturated heterocycles. The molecule has 132 valence electrons. The topological polar surface area (TPSA) is 37.3 Å². The van der Waals surface area contributed by atoms with E-state index in [-0.39, 0.29) is 6.42 Å².